The first-order chi connectivity index (χ1) is 5.10. The van der Waals surface area contributed by atoms with Crippen LogP contribution < -0.4 is 5.73 Å². The van der Waals surface area contributed by atoms with Gasteiger partial charge in [0.15, 0.2) is 0 Å². The lowest BCUT2D eigenvalue weighted by Gasteiger charge is -2.21. The number of hydrogen-bond acceptors (Lipinski definition) is 2. The van der Waals surface area contributed by atoms with Gasteiger partial charge in [-0.25, -0.2) is 4.39 Å². The molecule has 2 aliphatic rings. The Bertz CT molecular complexity index is 157. The molecule has 3 heteroatoms. The Morgan fingerprint density at radius 3 is 3.00 bits per heavy atom. The van der Waals surface area contributed by atoms with Crippen LogP contribution in [0.1, 0.15) is 12.8 Å². The summed E-state index contributed by atoms with van der Waals surface area (Å²) < 4.78 is 12.9. The van der Waals surface area contributed by atoms with Gasteiger partial charge in [0.1, 0.15) is 6.17 Å². The molecule has 0 spiro atoms. The second kappa shape index (κ2) is 2.17. The summed E-state index contributed by atoms with van der Waals surface area (Å²) in [7, 11) is 2.06. The standard InChI is InChI=1S/C8H15FN2/c1-11-4-6-2-7(9)3-8(6,10)5-11/h6-7H,2-5,10H2,1H3/t6-,7+,8-/m1/s1. The Morgan fingerprint density at radius 2 is 2.36 bits per heavy atom. The van der Waals surface area contributed by atoms with E-state index in [9.17, 15) is 4.39 Å². The minimum Gasteiger partial charge on any atom is -0.324 e. The van der Waals surface area contributed by atoms with Crippen LogP contribution in [0, 0.1) is 5.92 Å². The van der Waals surface area contributed by atoms with Gasteiger partial charge in [0, 0.05) is 18.6 Å². The average Bonchev–Trinajstić information content (AvgIpc) is 2.16. The van der Waals surface area contributed by atoms with E-state index in [2.05, 4.69) is 11.9 Å². The molecule has 11 heavy (non-hydrogen) atoms. The van der Waals surface area contributed by atoms with Gasteiger partial charge in [-0.3, -0.25) is 0 Å². The van der Waals surface area contributed by atoms with Gasteiger partial charge in [-0.15, -0.1) is 0 Å². The molecule has 2 rings (SSSR count). The molecule has 0 bridgehead atoms. The van der Waals surface area contributed by atoms with E-state index in [0.29, 0.717) is 18.8 Å². The molecule has 1 saturated heterocycles. The second-order valence-corrected chi connectivity index (χ2v) is 4.16. The smallest absolute Gasteiger partial charge is 0.102 e. The SMILES string of the molecule is CN1C[C@H]2C[C@H](F)C[C@@]2(N)C1. The van der Waals surface area contributed by atoms with Crippen molar-refractivity contribution in [3.05, 3.63) is 0 Å². The van der Waals surface area contributed by atoms with Crippen LogP contribution in [0.3, 0.4) is 0 Å². The van der Waals surface area contributed by atoms with Crippen LogP contribution in [0.5, 0.6) is 0 Å². The lowest BCUT2D eigenvalue weighted by molar-refractivity contribution is 0.282. The lowest BCUT2D eigenvalue weighted by Crippen LogP contribution is -2.44. The molecule has 0 amide bonds. The topological polar surface area (TPSA) is 29.3 Å². The number of likely N-dealkylation sites (N-methyl/N-ethyl adjacent to an activating group) is 1. The zero-order valence-electron chi connectivity index (χ0n) is 6.89. The normalized spacial score (nSPS) is 51.5. The second-order valence-electron chi connectivity index (χ2n) is 4.16. The summed E-state index contributed by atoms with van der Waals surface area (Å²) in [6, 6.07) is 0. The monoisotopic (exact) mass is 158 g/mol. The highest BCUT2D eigenvalue weighted by Crippen LogP contribution is 2.40. The molecular weight excluding hydrogens is 143 g/mol. The van der Waals surface area contributed by atoms with E-state index in [1.54, 1.807) is 0 Å². The maximum Gasteiger partial charge on any atom is 0.102 e. The molecule has 2 nitrogen and oxygen atoms in total. The van der Waals surface area contributed by atoms with Crippen molar-refractivity contribution < 1.29 is 4.39 Å². The van der Waals surface area contributed by atoms with Crippen LogP contribution >= 0.6 is 0 Å². The van der Waals surface area contributed by atoms with Crippen molar-refractivity contribution >= 4 is 0 Å². The number of nitrogens with zero attached hydrogens (tertiary/aromatic N) is 1. The highest BCUT2D eigenvalue weighted by atomic mass is 19.1. The zero-order valence-corrected chi connectivity index (χ0v) is 6.89. The highest BCUT2D eigenvalue weighted by Gasteiger charge is 2.49. The molecule has 0 aromatic rings. The van der Waals surface area contributed by atoms with Crippen LogP contribution in [-0.2, 0) is 0 Å². The molecule has 0 aromatic heterocycles. The quantitative estimate of drug-likeness (QED) is 0.552. The van der Waals surface area contributed by atoms with Crippen molar-refractivity contribution in [1.82, 2.24) is 4.90 Å². The Hall–Kier alpha value is -0.150. The zero-order chi connectivity index (χ0) is 8.06. The van der Waals surface area contributed by atoms with Gasteiger partial charge in [-0.2, -0.15) is 0 Å². The molecule has 0 unspecified atom stereocenters. The number of hydrogen-bond donors (Lipinski definition) is 1. The van der Waals surface area contributed by atoms with Gasteiger partial charge in [0.25, 0.3) is 0 Å². The average molecular weight is 158 g/mol. The van der Waals surface area contributed by atoms with Crippen LogP contribution in [0.2, 0.25) is 0 Å². The summed E-state index contributed by atoms with van der Waals surface area (Å²) >= 11 is 0. The third-order valence-electron chi connectivity index (χ3n) is 3.05. The minimum absolute atomic E-state index is 0.200. The first-order valence-corrected chi connectivity index (χ1v) is 4.22. The van der Waals surface area contributed by atoms with Crippen LogP contribution in [0.4, 0.5) is 4.39 Å². The van der Waals surface area contributed by atoms with E-state index in [1.807, 2.05) is 0 Å². The van der Waals surface area contributed by atoms with E-state index in [0.717, 1.165) is 13.1 Å². The maximum atomic E-state index is 12.9. The van der Waals surface area contributed by atoms with E-state index < -0.39 is 6.17 Å². The van der Waals surface area contributed by atoms with Gasteiger partial charge in [0.2, 0.25) is 0 Å². The van der Waals surface area contributed by atoms with Crippen LogP contribution in [0.25, 0.3) is 0 Å². The van der Waals surface area contributed by atoms with Crippen molar-refractivity contribution in [2.75, 3.05) is 20.1 Å². The fraction of sp³-hybridized carbons (Fsp3) is 1.00. The molecule has 1 heterocycles. The highest BCUT2D eigenvalue weighted by molar-refractivity contribution is 5.07. The number of rotatable bonds is 0. The van der Waals surface area contributed by atoms with Gasteiger partial charge in [-0.05, 0) is 25.8 Å². The Kier molecular flexibility index (Phi) is 1.48. The molecule has 2 N–H and O–H groups in total. The summed E-state index contributed by atoms with van der Waals surface area (Å²) in [6.45, 7) is 1.86. The number of nitrogens with two attached hydrogens (primary N) is 1. The number of halogens is 1. The van der Waals surface area contributed by atoms with Crippen molar-refractivity contribution in [1.29, 1.82) is 0 Å². The number of fused-ring (bicyclic) bond motifs is 1. The molecule has 64 valence electrons. The minimum atomic E-state index is -0.640. The van der Waals surface area contributed by atoms with E-state index in [1.165, 1.54) is 0 Å². The predicted octanol–water partition coefficient (Wildman–Crippen LogP) is 0.377. The van der Waals surface area contributed by atoms with Crippen LogP contribution in [-0.4, -0.2) is 36.7 Å². The predicted molar refractivity (Wildman–Crippen MR) is 42.0 cm³/mol. The Morgan fingerprint density at radius 1 is 1.64 bits per heavy atom. The van der Waals surface area contributed by atoms with Gasteiger partial charge in [0.05, 0.1) is 0 Å². The molecule has 0 aromatic carbocycles. The van der Waals surface area contributed by atoms with E-state index in [4.69, 9.17) is 5.73 Å². The van der Waals surface area contributed by atoms with Gasteiger partial charge >= 0.3 is 0 Å². The third kappa shape index (κ3) is 1.07. The summed E-state index contributed by atoms with van der Waals surface area (Å²) in [5.41, 5.74) is 5.86. The first-order valence-electron chi connectivity index (χ1n) is 4.22. The largest absolute Gasteiger partial charge is 0.324 e. The van der Waals surface area contributed by atoms with Gasteiger partial charge < -0.3 is 10.6 Å². The summed E-state index contributed by atoms with van der Waals surface area (Å²) in [4.78, 5) is 2.20. The molecule has 0 radical (unpaired) electrons. The van der Waals surface area contributed by atoms with Gasteiger partial charge in [-0.1, -0.05) is 0 Å². The molecule has 2 fully saturated rings. The maximum absolute atomic E-state index is 12.9. The fourth-order valence-electron chi connectivity index (χ4n) is 2.60. The first kappa shape index (κ1) is 7.50. The summed E-state index contributed by atoms with van der Waals surface area (Å²) in [5, 5.41) is 0. The van der Waals surface area contributed by atoms with Crippen molar-refractivity contribution in [2.45, 2.75) is 24.6 Å². The van der Waals surface area contributed by atoms with Crippen molar-refractivity contribution in [3.8, 4) is 0 Å². The molecule has 1 aliphatic heterocycles. The van der Waals surface area contributed by atoms with E-state index in [-0.39, 0.29) is 5.54 Å². The molecule has 1 saturated carbocycles. The Balaban J connectivity index is 2.13. The number of alkyl halides is 1. The van der Waals surface area contributed by atoms with E-state index >= 15 is 0 Å². The summed E-state index contributed by atoms with van der Waals surface area (Å²) in [6.07, 6.45) is 0.613. The fourth-order valence-corrected chi connectivity index (χ4v) is 2.60. The number of likely N-dealkylation sites (tertiary alicyclic amines) is 1. The molecular formula is C8H15FN2. The van der Waals surface area contributed by atoms with Crippen molar-refractivity contribution in [3.63, 3.8) is 0 Å². The third-order valence-corrected chi connectivity index (χ3v) is 3.05. The summed E-state index contributed by atoms with van der Waals surface area (Å²) in [5.74, 6) is 0.405. The Labute approximate surface area is 66.5 Å². The lowest BCUT2D eigenvalue weighted by atomic mass is 9.92. The van der Waals surface area contributed by atoms with Crippen LogP contribution in [0.15, 0.2) is 0 Å². The molecule has 3 atom stereocenters. The molecule has 1 aliphatic carbocycles. The van der Waals surface area contributed by atoms with Crippen molar-refractivity contribution in [2.24, 2.45) is 11.7 Å².